The van der Waals surface area contributed by atoms with Crippen molar-refractivity contribution in [1.82, 2.24) is 29.4 Å². The monoisotopic (exact) mass is 324 g/mol. The van der Waals surface area contributed by atoms with Gasteiger partial charge in [0.25, 0.3) is 0 Å². The number of hydrogen-bond donors (Lipinski definition) is 0. The van der Waals surface area contributed by atoms with Gasteiger partial charge >= 0.3 is 0 Å². The van der Waals surface area contributed by atoms with Gasteiger partial charge in [-0.3, -0.25) is 9.48 Å². The fourth-order valence-corrected chi connectivity index (χ4v) is 2.32. The summed E-state index contributed by atoms with van der Waals surface area (Å²) in [4.78, 5) is 14.0. The first kappa shape index (κ1) is 16.5. The molecule has 0 aromatic carbocycles. The summed E-state index contributed by atoms with van der Waals surface area (Å²) in [7, 11) is 1.75. The van der Waals surface area contributed by atoms with Crippen LogP contribution in [0.3, 0.4) is 0 Å². The Morgan fingerprint density at radius 2 is 2.09 bits per heavy atom. The summed E-state index contributed by atoms with van der Waals surface area (Å²) >= 11 is 6.10. The minimum Gasteiger partial charge on any atom is -0.337 e. The Hall–Kier alpha value is -1.89. The lowest BCUT2D eigenvalue weighted by atomic mass is 10.3. The van der Waals surface area contributed by atoms with E-state index in [2.05, 4.69) is 15.3 Å². The van der Waals surface area contributed by atoms with E-state index in [0.29, 0.717) is 11.6 Å². The lowest BCUT2D eigenvalue weighted by Gasteiger charge is -2.18. The zero-order valence-electron chi connectivity index (χ0n) is 13.5. The maximum atomic E-state index is 12.4. The van der Waals surface area contributed by atoms with Gasteiger partial charge in [0, 0.05) is 13.1 Å². The molecule has 0 saturated heterocycles. The lowest BCUT2D eigenvalue weighted by molar-refractivity contribution is -0.131. The maximum Gasteiger partial charge on any atom is 0.244 e. The number of halogens is 1. The van der Waals surface area contributed by atoms with Crippen LogP contribution in [0.15, 0.2) is 6.33 Å². The number of amides is 1. The molecule has 22 heavy (non-hydrogen) atoms. The molecule has 2 aromatic heterocycles. The molecule has 0 radical (unpaired) electrons. The van der Waals surface area contributed by atoms with Crippen molar-refractivity contribution in [2.24, 2.45) is 0 Å². The average Bonchev–Trinajstić information content (AvgIpc) is 3.00. The summed E-state index contributed by atoms with van der Waals surface area (Å²) in [5, 5.41) is 12.9. The summed E-state index contributed by atoms with van der Waals surface area (Å²) in [5.74, 6) is 0.706. The van der Waals surface area contributed by atoms with Gasteiger partial charge in [0.15, 0.2) is 5.82 Å². The van der Waals surface area contributed by atoms with Gasteiger partial charge in [-0.15, -0.1) is 10.2 Å². The number of rotatable bonds is 5. The summed E-state index contributed by atoms with van der Waals surface area (Å²) in [5.41, 5.74) is 1.53. The van der Waals surface area contributed by atoms with Crippen LogP contribution in [0.1, 0.15) is 37.1 Å². The van der Waals surface area contributed by atoms with Gasteiger partial charge in [-0.25, -0.2) is 0 Å². The van der Waals surface area contributed by atoms with Crippen molar-refractivity contribution in [3.8, 4) is 0 Å². The molecule has 0 aliphatic carbocycles. The molecule has 0 aliphatic rings. The van der Waals surface area contributed by atoms with Gasteiger partial charge < -0.3 is 9.47 Å². The Labute approximate surface area is 134 Å². The third-order valence-electron chi connectivity index (χ3n) is 3.59. The first-order valence-corrected chi connectivity index (χ1v) is 7.51. The van der Waals surface area contributed by atoms with Crippen molar-refractivity contribution in [2.75, 3.05) is 7.05 Å². The molecule has 0 N–H and O–H groups in total. The third kappa shape index (κ3) is 3.30. The quantitative estimate of drug-likeness (QED) is 0.843. The Balaban J connectivity index is 2.06. The van der Waals surface area contributed by atoms with Crippen LogP contribution in [0, 0.1) is 13.8 Å². The summed E-state index contributed by atoms with van der Waals surface area (Å²) in [6.45, 7) is 8.34. The molecule has 2 rings (SSSR count). The fourth-order valence-electron chi connectivity index (χ4n) is 2.19. The Morgan fingerprint density at radius 3 is 2.64 bits per heavy atom. The minimum atomic E-state index is -0.0550. The lowest BCUT2D eigenvalue weighted by Crippen LogP contribution is -2.31. The van der Waals surface area contributed by atoms with E-state index in [1.54, 1.807) is 23.0 Å². The van der Waals surface area contributed by atoms with Crippen LogP contribution in [-0.2, 0) is 17.9 Å². The van der Waals surface area contributed by atoms with Gasteiger partial charge in [0.2, 0.25) is 5.91 Å². The molecule has 0 atom stereocenters. The van der Waals surface area contributed by atoms with E-state index in [-0.39, 0.29) is 18.5 Å². The number of carbonyl (C=O) groups is 1. The van der Waals surface area contributed by atoms with Crippen molar-refractivity contribution in [3.63, 3.8) is 0 Å². The standard InChI is InChI=1S/C14H21ClN6O/c1-9(2)20-8-16-17-12(20)6-19(5)13(22)7-21-11(4)14(15)10(3)18-21/h8-9H,6-7H2,1-5H3. The predicted octanol–water partition coefficient (Wildman–Crippen LogP) is 1.98. The molecule has 0 saturated carbocycles. The highest BCUT2D eigenvalue weighted by Crippen LogP contribution is 2.19. The Kier molecular flexibility index (Phi) is 4.85. The van der Waals surface area contributed by atoms with E-state index in [9.17, 15) is 4.79 Å². The molecular formula is C14H21ClN6O. The third-order valence-corrected chi connectivity index (χ3v) is 4.13. The van der Waals surface area contributed by atoms with E-state index in [0.717, 1.165) is 17.2 Å². The number of aryl methyl sites for hydroxylation is 1. The van der Waals surface area contributed by atoms with Crippen LogP contribution in [0.4, 0.5) is 0 Å². The zero-order chi connectivity index (χ0) is 16.4. The van der Waals surface area contributed by atoms with E-state index < -0.39 is 0 Å². The molecule has 0 aliphatic heterocycles. The summed E-state index contributed by atoms with van der Waals surface area (Å²) in [6.07, 6.45) is 1.68. The smallest absolute Gasteiger partial charge is 0.244 e. The van der Waals surface area contributed by atoms with Gasteiger partial charge in [0.05, 0.1) is 23.0 Å². The van der Waals surface area contributed by atoms with Gasteiger partial charge in [-0.1, -0.05) is 11.6 Å². The largest absolute Gasteiger partial charge is 0.337 e. The molecule has 0 bridgehead atoms. The Morgan fingerprint density at radius 1 is 1.41 bits per heavy atom. The molecule has 2 heterocycles. The van der Waals surface area contributed by atoms with Crippen molar-refractivity contribution < 1.29 is 4.79 Å². The van der Waals surface area contributed by atoms with E-state index in [1.165, 1.54) is 0 Å². The molecule has 2 aromatic rings. The number of nitrogens with zero attached hydrogens (tertiary/aromatic N) is 6. The first-order chi connectivity index (χ1) is 10.3. The predicted molar refractivity (Wildman–Crippen MR) is 83.6 cm³/mol. The molecule has 120 valence electrons. The number of likely N-dealkylation sites (N-methyl/N-ethyl adjacent to an activating group) is 1. The number of aromatic nitrogens is 5. The molecule has 0 spiro atoms. The molecule has 1 amide bonds. The highest BCUT2D eigenvalue weighted by Gasteiger charge is 2.17. The fraction of sp³-hybridized carbons (Fsp3) is 0.571. The molecular weight excluding hydrogens is 304 g/mol. The normalized spacial score (nSPS) is 11.2. The van der Waals surface area contributed by atoms with E-state index >= 15 is 0 Å². The second kappa shape index (κ2) is 6.48. The molecule has 7 nitrogen and oxygen atoms in total. The number of carbonyl (C=O) groups excluding carboxylic acids is 1. The second-order valence-electron chi connectivity index (χ2n) is 5.64. The maximum absolute atomic E-state index is 12.4. The minimum absolute atomic E-state index is 0.0550. The van der Waals surface area contributed by atoms with Crippen LogP contribution < -0.4 is 0 Å². The molecule has 0 fully saturated rings. The van der Waals surface area contributed by atoms with Crippen molar-refractivity contribution >= 4 is 17.5 Å². The molecule has 8 heteroatoms. The van der Waals surface area contributed by atoms with Gasteiger partial charge in [0.1, 0.15) is 12.9 Å². The van der Waals surface area contributed by atoms with Crippen molar-refractivity contribution in [3.05, 3.63) is 28.6 Å². The van der Waals surface area contributed by atoms with Crippen LogP contribution in [0.5, 0.6) is 0 Å². The van der Waals surface area contributed by atoms with Crippen molar-refractivity contribution in [2.45, 2.75) is 46.8 Å². The summed E-state index contributed by atoms with van der Waals surface area (Å²) < 4.78 is 3.58. The topological polar surface area (TPSA) is 68.8 Å². The second-order valence-corrected chi connectivity index (χ2v) is 6.02. The highest BCUT2D eigenvalue weighted by molar-refractivity contribution is 6.31. The van der Waals surface area contributed by atoms with Crippen molar-refractivity contribution in [1.29, 1.82) is 0 Å². The van der Waals surface area contributed by atoms with Gasteiger partial charge in [-0.05, 0) is 27.7 Å². The average molecular weight is 325 g/mol. The highest BCUT2D eigenvalue weighted by atomic mass is 35.5. The van der Waals surface area contributed by atoms with Crippen LogP contribution in [-0.4, -0.2) is 42.4 Å². The first-order valence-electron chi connectivity index (χ1n) is 7.13. The Bertz CT molecular complexity index is 675. The van der Waals surface area contributed by atoms with Crippen LogP contribution in [0.2, 0.25) is 5.02 Å². The zero-order valence-corrected chi connectivity index (χ0v) is 14.3. The SMILES string of the molecule is Cc1nn(CC(=O)N(C)Cc2nncn2C(C)C)c(C)c1Cl. The van der Waals surface area contributed by atoms with Crippen LogP contribution in [0.25, 0.3) is 0 Å². The molecule has 0 unspecified atom stereocenters. The van der Waals surface area contributed by atoms with Crippen LogP contribution >= 0.6 is 11.6 Å². The van der Waals surface area contributed by atoms with Gasteiger partial charge in [-0.2, -0.15) is 5.10 Å². The van der Waals surface area contributed by atoms with E-state index in [1.807, 2.05) is 32.3 Å². The summed E-state index contributed by atoms with van der Waals surface area (Å²) in [6, 6.07) is 0.253. The number of hydrogen-bond acceptors (Lipinski definition) is 4. The van der Waals surface area contributed by atoms with E-state index in [4.69, 9.17) is 11.6 Å².